The molecular formula is C27H26N2O5. The summed E-state index contributed by atoms with van der Waals surface area (Å²) in [5, 5.41) is 0. The largest absolute Gasteiger partial charge is 0.454 e. The molecule has 0 saturated heterocycles. The quantitative estimate of drug-likeness (QED) is 0.440. The summed E-state index contributed by atoms with van der Waals surface area (Å²) in [5.74, 6) is -1.11. The van der Waals surface area contributed by atoms with E-state index in [0.717, 1.165) is 22.3 Å². The summed E-state index contributed by atoms with van der Waals surface area (Å²) in [6, 6.07) is 11.5. The maximum Gasteiger partial charge on any atom is 0.338 e. The van der Waals surface area contributed by atoms with Crippen molar-refractivity contribution in [3.8, 4) is 0 Å². The molecule has 0 N–H and O–H groups in total. The highest BCUT2D eigenvalue weighted by atomic mass is 16.5. The molecule has 1 aliphatic rings. The number of aromatic nitrogens is 2. The normalized spacial score (nSPS) is 17.1. The maximum atomic E-state index is 13.2. The lowest BCUT2D eigenvalue weighted by Crippen LogP contribution is -2.44. The van der Waals surface area contributed by atoms with Gasteiger partial charge in [-0.1, -0.05) is 40.5 Å². The fraction of sp³-hybridized carbons (Fsp3) is 0.259. The van der Waals surface area contributed by atoms with Gasteiger partial charge in [0.15, 0.2) is 0 Å². The second-order valence-corrected chi connectivity index (χ2v) is 8.87. The van der Waals surface area contributed by atoms with Crippen molar-refractivity contribution in [3.63, 3.8) is 0 Å². The van der Waals surface area contributed by atoms with Crippen molar-refractivity contribution in [2.24, 2.45) is 0 Å². The van der Waals surface area contributed by atoms with Crippen molar-refractivity contribution in [1.82, 2.24) is 9.13 Å². The van der Waals surface area contributed by atoms with Gasteiger partial charge in [-0.05, 0) is 58.0 Å². The standard InChI is InChI=1S/C27H26N2O5/c1-16-9-17(2)12-20(11-16)25(31)29-24(30)7-8-28(27(29)33)22-5-6-23(15-22)34-26(32)21-13-18(3)10-19(4)14-21/h5-14,22-23H,15H2,1-4H3/t22-,23+/m0/s1. The third-order valence-electron chi connectivity index (χ3n) is 5.78. The van der Waals surface area contributed by atoms with Crippen molar-refractivity contribution < 1.29 is 14.3 Å². The summed E-state index contributed by atoms with van der Waals surface area (Å²) in [5.41, 5.74) is 2.98. The van der Waals surface area contributed by atoms with Crippen LogP contribution in [0.2, 0.25) is 0 Å². The minimum Gasteiger partial charge on any atom is -0.454 e. The van der Waals surface area contributed by atoms with Crippen LogP contribution in [0.5, 0.6) is 0 Å². The van der Waals surface area contributed by atoms with Crippen LogP contribution in [0, 0.1) is 27.7 Å². The summed E-state index contributed by atoms with van der Waals surface area (Å²) in [6.07, 6.45) is 4.64. The molecule has 0 amide bonds. The monoisotopic (exact) mass is 458 g/mol. The van der Waals surface area contributed by atoms with E-state index in [9.17, 15) is 19.2 Å². The van der Waals surface area contributed by atoms with E-state index in [2.05, 4.69) is 0 Å². The van der Waals surface area contributed by atoms with Crippen molar-refractivity contribution in [1.29, 1.82) is 0 Å². The molecule has 34 heavy (non-hydrogen) atoms. The SMILES string of the molecule is Cc1cc(C)cc(C(=O)O[C@@H]2C=C[C@H](n3ccc(=O)n(C(=O)c4cc(C)cc(C)c4)c3=O)C2)c1. The minimum absolute atomic E-state index is 0.275. The Balaban J connectivity index is 1.56. The summed E-state index contributed by atoms with van der Waals surface area (Å²) in [7, 11) is 0. The van der Waals surface area contributed by atoms with Crippen LogP contribution in [-0.4, -0.2) is 27.1 Å². The first-order chi connectivity index (χ1) is 16.1. The van der Waals surface area contributed by atoms with Crippen molar-refractivity contribution >= 4 is 11.9 Å². The van der Waals surface area contributed by atoms with Crippen molar-refractivity contribution in [3.05, 3.63) is 115 Å². The van der Waals surface area contributed by atoms with Gasteiger partial charge in [0.2, 0.25) is 0 Å². The fourth-order valence-electron chi connectivity index (χ4n) is 4.40. The lowest BCUT2D eigenvalue weighted by molar-refractivity contribution is 0.0382. The molecule has 1 aromatic heterocycles. The summed E-state index contributed by atoms with van der Waals surface area (Å²) < 4.78 is 7.59. The second-order valence-electron chi connectivity index (χ2n) is 8.87. The van der Waals surface area contributed by atoms with Crippen LogP contribution in [0.15, 0.2) is 70.4 Å². The van der Waals surface area contributed by atoms with Crippen LogP contribution in [0.3, 0.4) is 0 Å². The van der Waals surface area contributed by atoms with Crippen molar-refractivity contribution in [2.75, 3.05) is 0 Å². The summed E-state index contributed by atoms with van der Waals surface area (Å²) >= 11 is 0. The van der Waals surface area contributed by atoms with Crippen LogP contribution < -0.4 is 11.2 Å². The topological polar surface area (TPSA) is 87.4 Å². The Morgan fingerprint density at radius 2 is 1.38 bits per heavy atom. The Labute approximate surface area is 196 Å². The van der Waals surface area contributed by atoms with Gasteiger partial charge in [0.05, 0.1) is 11.6 Å². The molecule has 0 saturated carbocycles. The molecule has 0 aliphatic heterocycles. The van der Waals surface area contributed by atoms with E-state index in [1.165, 1.54) is 16.8 Å². The van der Waals surface area contributed by atoms with Gasteiger partial charge in [-0.25, -0.2) is 9.59 Å². The third-order valence-corrected chi connectivity index (χ3v) is 5.78. The molecule has 0 spiro atoms. The number of ether oxygens (including phenoxy) is 1. The van der Waals surface area contributed by atoms with E-state index in [0.29, 0.717) is 16.6 Å². The fourth-order valence-corrected chi connectivity index (χ4v) is 4.40. The first kappa shape index (κ1) is 23.2. The number of nitrogens with zero attached hydrogens (tertiary/aromatic N) is 2. The molecule has 1 heterocycles. The molecule has 7 nitrogen and oxygen atoms in total. The zero-order chi connectivity index (χ0) is 24.6. The van der Waals surface area contributed by atoms with Gasteiger partial charge >= 0.3 is 11.7 Å². The van der Waals surface area contributed by atoms with E-state index >= 15 is 0 Å². The van der Waals surface area contributed by atoms with E-state index in [4.69, 9.17) is 4.74 Å². The second kappa shape index (κ2) is 9.09. The van der Waals surface area contributed by atoms with Crippen LogP contribution in [0.1, 0.15) is 55.4 Å². The number of hydrogen-bond acceptors (Lipinski definition) is 5. The predicted molar refractivity (Wildman–Crippen MR) is 129 cm³/mol. The lowest BCUT2D eigenvalue weighted by atomic mass is 10.1. The molecule has 2 aromatic carbocycles. The predicted octanol–water partition coefficient (Wildman–Crippen LogP) is 3.66. The van der Waals surface area contributed by atoms with Crippen LogP contribution in [0.4, 0.5) is 0 Å². The first-order valence-electron chi connectivity index (χ1n) is 11.1. The van der Waals surface area contributed by atoms with Crippen LogP contribution in [-0.2, 0) is 4.74 Å². The van der Waals surface area contributed by atoms with E-state index in [1.54, 1.807) is 36.4 Å². The number of benzene rings is 2. The van der Waals surface area contributed by atoms with Crippen molar-refractivity contribution in [2.45, 2.75) is 46.3 Å². The Morgan fingerprint density at radius 1 is 0.824 bits per heavy atom. The number of rotatable bonds is 4. The lowest BCUT2D eigenvalue weighted by Gasteiger charge is -2.17. The number of allylic oxidation sites excluding steroid dienone is 1. The van der Waals surface area contributed by atoms with Gasteiger partial charge in [-0.2, -0.15) is 4.57 Å². The molecule has 0 fully saturated rings. The molecule has 4 rings (SSSR count). The van der Waals surface area contributed by atoms with E-state index in [1.807, 2.05) is 39.8 Å². The number of esters is 1. The Bertz CT molecular complexity index is 1400. The highest BCUT2D eigenvalue weighted by Crippen LogP contribution is 2.25. The molecule has 0 radical (unpaired) electrons. The van der Waals surface area contributed by atoms with Gasteiger partial charge in [0.1, 0.15) is 6.10 Å². The smallest absolute Gasteiger partial charge is 0.338 e. The molecule has 7 heteroatoms. The zero-order valence-electron chi connectivity index (χ0n) is 19.6. The Kier molecular flexibility index (Phi) is 6.20. The van der Waals surface area contributed by atoms with E-state index < -0.39 is 35.3 Å². The third kappa shape index (κ3) is 4.69. The zero-order valence-corrected chi connectivity index (χ0v) is 19.6. The highest BCUT2D eigenvalue weighted by Gasteiger charge is 2.26. The summed E-state index contributed by atoms with van der Waals surface area (Å²) in [4.78, 5) is 51.2. The molecule has 0 bridgehead atoms. The first-order valence-corrected chi connectivity index (χ1v) is 11.1. The molecular weight excluding hydrogens is 432 g/mol. The number of carbonyl (C=O) groups is 2. The van der Waals surface area contributed by atoms with Gasteiger partial charge in [-0.3, -0.25) is 14.2 Å². The Morgan fingerprint density at radius 3 is 1.97 bits per heavy atom. The minimum atomic E-state index is -0.729. The summed E-state index contributed by atoms with van der Waals surface area (Å²) in [6.45, 7) is 7.52. The van der Waals surface area contributed by atoms with Gasteiger partial charge < -0.3 is 4.74 Å². The average Bonchev–Trinajstić information content (AvgIpc) is 3.20. The molecule has 1 aliphatic carbocycles. The number of carbonyl (C=O) groups excluding carboxylic acids is 2. The van der Waals surface area contributed by atoms with Gasteiger partial charge in [0, 0.05) is 24.2 Å². The van der Waals surface area contributed by atoms with Crippen LogP contribution >= 0.6 is 0 Å². The van der Waals surface area contributed by atoms with E-state index in [-0.39, 0.29) is 5.56 Å². The Hall–Kier alpha value is -4.00. The molecule has 3 aromatic rings. The van der Waals surface area contributed by atoms with Gasteiger partial charge in [-0.15, -0.1) is 0 Å². The highest BCUT2D eigenvalue weighted by molar-refractivity contribution is 5.96. The van der Waals surface area contributed by atoms with Gasteiger partial charge in [0.25, 0.3) is 11.5 Å². The molecule has 2 atom stereocenters. The molecule has 174 valence electrons. The maximum absolute atomic E-state index is 13.2. The average molecular weight is 459 g/mol. The van der Waals surface area contributed by atoms with Crippen LogP contribution in [0.25, 0.3) is 0 Å². The molecule has 0 unspecified atom stereocenters. The number of aryl methyl sites for hydroxylation is 4. The number of hydrogen-bond donors (Lipinski definition) is 0.